The highest BCUT2D eigenvalue weighted by Crippen LogP contribution is 1.97. The molecule has 5 heteroatoms. The Bertz CT molecular complexity index is 810. The molecule has 0 atom stereocenters. The largest absolute Gasteiger partial charge is 0.298 e. The van der Waals surface area contributed by atoms with Crippen LogP contribution in [0.5, 0.6) is 0 Å². The van der Waals surface area contributed by atoms with Crippen LogP contribution in [0.15, 0.2) is 100 Å². The zero-order valence-corrected chi connectivity index (χ0v) is 17.8. The number of hydrogen-bond acceptors (Lipinski definition) is 5. The first kappa shape index (κ1) is 22.2. The lowest BCUT2D eigenvalue weighted by molar-refractivity contribution is 0.298. The van der Waals surface area contributed by atoms with E-state index in [1.165, 1.54) is 0 Å². The third kappa shape index (κ3) is 9.28. The summed E-state index contributed by atoms with van der Waals surface area (Å²) in [5, 5.41) is 0. The number of pyridine rings is 1. The summed E-state index contributed by atoms with van der Waals surface area (Å²) in [7, 11) is 0. The maximum atomic E-state index is 4.58. The molecule has 0 N–H and O–H groups in total. The van der Waals surface area contributed by atoms with Gasteiger partial charge in [-0.15, -0.1) is 0 Å². The van der Waals surface area contributed by atoms with Crippen molar-refractivity contribution in [2.24, 2.45) is 15.0 Å². The molecule has 5 nitrogen and oxygen atoms in total. The molecule has 158 valence electrons. The van der Waals surface area contributed by atoms with Crippen LogP contribution in [0.4, 0.5) is 0 Å². The van der Waals surface area contributed by atoms with Gasteiger partial charge < -0.3 is 0 Å². The number of hydrogen-bond donors (Lipinski definition) is 0. The third-order valence-electron chi connectivity index (χ3n) is 4.63. The second-order valence-corrected chi connectivity index (χ2v) is 7.02. The van der Waals surface area contributed by atoms with E-state index in [0.29, 0.717) is 0 Å². The molecule has 0 spiro atoms. The van der Waals surface area contributed by atoms with Crippen LogP contribution in [0.1, 0.15) is 16.8 Å². The molecule has 0 saturated heterocycles. The predicted octanol–water partition coefficient (Wildman–Crippen LogP) is 4.04. The summed E-state index contributed by atoms with van der Waals surface area (Å²) < 4.78 is 0. The van der Waals surface area contributed by atoms with Crippen molar-refractivity contribution in [2.45, 2.75) is 0 Å². The standard InChI is InChI=1S/C26H29N5/c1-3-9-24(10-4-1)21-27-15-18-31(19-16-28-22-25-11-5-2-6-12-25)20-17-29-23-26-13-7-8-14-30-26/h1-14,21-23H,15-20H2. The maximum Gasteiger partial charge on any atom is 0.0807 e. The molecule has 3 aromatic rings. The highest BCUT2D eigenvalue weighted by Gasteiger charge is 2.03. The van der Waals surface area contributed by atoms with E-state index in [2.05, 4.69) is 49.1 Å². The first-order valence-corrected chi connectivity index (χ1v) is 10.6. The van der Waals surface area contributed by atoms with Crippen molar-refractivity contribution in [3.63, 3.8) is 0 Å². The van der Waals surface area contributed by atoms with Gasteiger partial charge in [-0.1, -0.05) is 66.7 Å². The maximum absolute atomic E-state index is 4.58. The average Bonchev–Trinajstić information content (AvgIpc) is 2.83. The van der Waals surface area contributed by atoms with Crippen LogP contribution < -0.4 is 0 Å². The van der Waals surface area contributed by atoms with Gasteiger partial charge in [-0.25, -0.2) is 0 Å². The SMILES string of the molecule is C(=NCCN(CCN=Cc1ccccc1)CCN=Cc1ccccn1)c1ccccc1. The minimum Gasteiger partial charge on any atom is -0.298 e. The molecule has 0 fully saturated rings. The van der Waals surface area contributed by atoms with Gasteiger partial charge >= 0.3 is 0 Å². The van der Waals surface area contributed by atoms with E-state index in [9.17, 15) is 0 Å². The van der Waals surface area contributed by atoms with Crippen molar-refractivity contribution in [1.82, 2.24) is 9.88 Å². The second-order valence-electron chi connectivity index (χ2n) is 7.02. The quantitative estimate of drug-likeness (QED) is 0.422. The number of rotatable bonds is 12. The van der Waals surface area contributed by atoms with Crippen molar-refractivity contribution in [3.8, 4) is 0 Å². The second kappa shape index (κ2) is 13.7. The van der Waals surface area contributed by atoms with Crippen LogP contribution in [0, 0.1) is 0 Å². The Kier molecular flexibility index (Phi) is 9.85. The molecule has 0 radical (unpaired) electrons. The fourth-order valence-electron chi connectivity index (χ4n) is 2.96. The van der Waals surface area contributed by atoms with Gasteiger partial charge in [-0.05, 0) is 23.3 Å². The molecule has 2 aromatic carbocycles. The van der Waals surface area contributed by atoms with Crippen LogP contribution in [0.25, 0.3) is 0 Å². The highest BCUT2D eigenvalue weighted by molar-refractivity contribution is 5.79. The van der Waals surface area contributed by atoms with Gasteiger partial charge in [0.2, 0.25) is 0 Å². The molecule has 0 bridgehead atoms. The Morgan fingerprint density at radius 1 is 0.581 bits per heavy atom. The van der Waals surface area contributed by atoms with Crippen molar-refractivity contribution < 1.29 is 0 Å². The predicted molar refractivity (Wildman–Crippen MR) is 131 cm³/mol. The van der Waals surface area contributed by atoms with Crippen LogP contribution in [0.3, 0.4) is 0 Å². The molecular weight excluding hydrogens is 382 g/mol. The van der Waals surface area contributed by atoms with Gasteiger partial charge in [0.25, 0.3) is 0 Å². The molecule has 0 amide bonds. The number of aromatic nitrogens is 1. The van der Waals surface area contributed by atoms with Gasteiger partial charge in [0.1, 0.15) is 0 Å². The Morgan fingerprint density at radius 2 is 1.06 bits per heavy atom. The van der Waals surface area contributed by atoms with E-state index in [0.717, 1.165) is 56.1 Å². The van der Waals surface area contributed by atoms with Gasteiger partial charge in [0, 0.05) is 44.5 Å². The van der Waals surface area contributed by atoms with E-state index in [4.69, 9.17) is 0 Å². The third-order valence-corrected chi connectivity index (χ3v) is 4.63. The van der Waals surface area contributed by atoms with Crippen LogP contribution in [-0.2, 0) is 0 Å². The first-order chi connectivity index (χ1) is 15.4. The van der Waals surface area contributed by atoms with Crippen molar-refractivity contribution in [3.05, 3.63) is 102 Å². The van der Waals surface area contributed by atoms with E-state index in [-0.39, 0.29) is 0 Å². The molecule has 1 heterocycles. The van der Waals surface area contributed by atoms with Crippen LogP contribution in [-0.4, -0.2) is 67.8 Å². The van der Waals surface area contributed by atoms with E-state index < -0.39 is 0 Å². The van der Waals surface area contributed by atoms with E-state index in [1.54, 1.807) is 6.20 Å². The summed E-state index contributed by atoms with van der Waals surface area (Å²) >= 11 is 0. The molecule has 3 rings (SSSR count). The Hall–Kier alpha value is -3.44. The first-order valence-electron chi connectivity index (χ1n) is 10.6. The lowest BCUT2D eigenvalue weighted by atomic mass is 10.2. The summed E-state index contributed by atoms with van der Waals surface area (Å²) in [6.45, 7) is 4.85. The smallest absolute Gasteiger partial charge is 0.0807 e. The fraction of sp³-hybridized carbons (Fsp3) is 0.231. The average molecular weight is 412 g/mol. The van der Waals surface area contributed by atoms with Crippen LogP contribution in [0.2, 0.25) is 0 Å². The Labute approximate surface area is 184 Å². The minimum atomic E-state index is 0.724. The number of benzene rings is 2. The molecule has 0 saturated carbocycles. The summed E-state index contributed by atoms with van der Waals surface area (Å²) in [4.78, 5) is 20.3. The summed E-state index contributed by atoms with van der Waals surface area (Å²) in [6, 6.07) is 26.2. The van der Waals surface area contributed by atoms with Crippen molar-refractivity contribution in [1.29, 1.82) is 0 Å². The molecule has 0 aliphatic carbocycles. The molecular formula is C26H29N5. The highest BCUT2D eigenvalue weighted by atomic mass is 15.1. The number of nitrogens with zero attached hydrogens (tertiary/aromatic N) is 5. The monoisotopic (exact) mass is 411 g/mol. The van der Waals surface area contributed by atoms with E-state index in [1.807, 2.05) is 73.2 Å². The normalized spacial score (nSPS) is 11.9. The zero-order chi connectivity index (χ0) is 21.4. The van der Waals surface area contributed by atoms with Crippen molar-refractivity contribution in [2.75, 3.05) is 39.3 Å². The molecule has 0 aliphatic rings. The van der Waals surface area contributed by atoms with Crippen LogP contribution >= 0.6 is 0 Å². The topological polar surface area (TPSA) is 53.2 Å². The summed E-state index contributed by atoms with van der Waals surface area (Å²) in [5.41, 5.74) is 3.14. The molecule has 31 heavy (non-hydrogen) atoms. The fourth-order valence-corrected chi connectivity index (χ4v) is 2.96. The van der Waals surface area contributed by atoms with Crippen molar-refractivity contribution >= 4 is 18.6 Å². The number of aliphatic imine (C=N–C) groups is 3. The minimum absolute atomic E-state index is 0.724. The summed E-state index contributed by atoms with van der Waals surface area (Å²) in [6.07, 6.45) is 7.48. The van der Waals surface area contributed by atoms with Gasteiger partial charge in [-0.3, -0.25) is 24.9 Å². The Balaban J connectivity index is 1.47. The van der Waals surface area contributed by atoms with Gasteiger partial charge in [0.05, 0.1) is 25.3 Å². The summed E-state index contributed by atoms with van der Waals surface area (Å²) in [5.74, 6) is 0. The molecule has 0 aliphatic heterocycles. The lowest BCUT2D eigenvalue weighted by Gasteiger charge is -2.19. The van der Waals surface area contributed by atoms with Gasteiger partial charge in [-0.2, -0.15) is 0 Å². The van der Waals surface area contributed by atoms with E-state index >= 15 is 0 Å². The zero-order valence-electron chi connectivity index (χ0n) is 17.8. The molecule has 0 unspecified atom stereocenters. The Morgan fingerprint density at radius 3 is 1.55 bits per heavy atom. The lowest BCUT2D eigenvalue weighted by Crippen LogP contribution is -2.31. The molecule has 1 aromatic heterocycles. The van der Waals surface area contributed by atoms with Gasteiger partial charge in [0.15, 0.2) is 0 Å².